The number of nitrogens with two attached hydrogens (primary N) is 2. The Bertz CT molecular complexity index is 467. The molecule has 0 aliphatic carbocycles. The van der Waals surface area contributed by atoms with Crippen molar-refractivity contribution >= 4 is 28.4 Å². The van der Waals surface area contributed by atoms with Crippen molar-refractivity contribution in [2.24, 2.45) is 16.5 Å². The van der Waals surface area contributed by atoms with Gasteiger partial charge >= 0.3 is 0 Å². The number of allylic oxidation sites excluding steroid dienone is 1. The fourth-order valence-corrected chi connectivity index (χ4v) is 2.22. The van der Waals surface area contributed by atoms with E-state index in [2.05, 4.69) is 39.7 Å². The van der Waals surface area contributed by atoms with Crippen LogP contribution < -0.4 is 11.5 Å². The molecule has 4 N–H and O–H groups in total. The van der Waals surface area contributed by atoms with Crippen LogP contribution in [0.25, 0.3) is 0 Å². The van der Waals surface area contributed by atoms with Gasteiger partial charge in [0.05, 0.1) is 3.58 Å². The molecule has 0 bridgehead atoms. The number of aliphatic imine (C=N–C) groups is 1. The number of rotatable bonds is 2. The van der Waals surface area contributed by atoms with E-state index in [1.807, 2.05) is 30.0 Å². The fourth-order valence-electron chi connectivity index (χ4n) is 1.77. The lowest BCUT2D eigenvalue weighted by molar-refractivity contribution is 0.252. The summed E-state index contributed by atoms with van der Waals surface area (Å²) in [5.74, 6) is 0.528. The van der Waals surface area contributed by atoms with Gasteiger partial charge in [0.25, 0.3) is 0 Å². The highest BCUT2D eigenvalue weighted by Crippen LogP contribution is 2.24. The highest BCUT2D eigenvalue weighted by atomic mass is 127. The van der Waals surface area contributed by atoms with Gasteiger partial charge in [0, 0.05) is 12.2 Å². The predicted molar refractivity (Wildman–Crippen MR) is 78.3 cm³/mol. The minimum atomic E-state index is -0.395. The zero-order chi connectivity index (χ0) is 12.4. The molecular formula is C12H15IN4. The van der Waals surface area contributed by atoms with Crippen LogP contribution in [0.2, 0.25) is 0 Å². The van der Waals surface area contributed by atoms with Crippen LogP contribution in [-0.2, 0) is 6.54 Å². The summed E-state index contributed by atoms with van der Waals surface area (Å²) in [6.45, 7) is 2.77. The van der Waals surface area contributed by atoms with Crippen LogP contribution in [0.3, 0.4) is 0 Å². The summed E-state index contributed by atoms with van der Waals surface area (Å²) in [5.41, 5.74) is 14.1. The molecule has 5 heteroatoms. The lowest BCUT2D eigenvalue weighted by Crippen LogP contribution is -2.44. The van der Waals surface area contributed by atoms with Gasteiger partial charge in [-0.25, -0.2) is 4.99 Å². The Hall–Kier alpha value is -1.08. The molecule has 0 amide bonds. The molecular weight excluding hydrogens is 327 g/mol. The molecule has 1 unspecified atom stereocenters. The van der Waals surface area contributed by atoms with E-state index in [1.54, 1.807) is 0 Å². The molecule has 0 fully saturated rings. The summed E-state index contributed by atoms with van der Waals surface area (Å²) in [6.07, 6.45) is -0.395. The number of halogens is 1. The van der Waals surface area contributed by atoms with E-state index in [4.69, 9.17) is 11.5 Å². The van der Waals surface area contributed by atoms with E-state index < -0.39 is 6.29 Å². The van der Waals surface area contributed by atoms with Crippen molar-refractivity contribution in [3.8, 4) is 0 Å². The molecule has 1 atom stereocenters. The molecule has 0 saturated heterocycles. The molecule has 2 rings (SSSR count). The van der Waals surface area contributed by atoms with Gasteiger partial charge in [-0.2, -0.15) is 0 Å². The largest absolute Gasteiger partial charge is 0.383 e. The normalized spacial score (nSPS) is 20.5. The summed E-state index contributed by atoms with van der Waals surface area (Å²) in [5, 5.41) is 0. The quantitative estimate of drug-likeness (QED) is 0.805. The average molecular weight is 342 g/mol. The van der Waals surface area contributed by atoms with Crippen LogP contribution in [0.5, 0.6) is 0 Å². The van der Waals surface area contributed by atoms with Crippen LogP contribution in [0.15, 0.2) is 44.6 Å². The molecule has 1 aromatic rings. The maximum atomic E-state index is 5.99. The van der Waals surface area contributed by atoms with Gasteiger partial charge in [-0.05, 0) is 35.1 Å². The van der Waals surface area contributed by atoms with Gasteiger partial charge in [0.15, 0.2) is 6.29 Å². The second-order valence-corrected chi connectivity index (χ2v) is 5.02. The smallest absolute Gasteiger partial charge is 0.176 e. The Labute approximate surface area is 115 Å². The van der Waals surface area contributed by atoms with Crippen molar-refractivity contribution in [3.05, 3.63) is 45.2 Å². The number of hydrogen-bond donors (Lipinski definition) is 2. The monoisotopic (exact) mass is 342 g/mol. The molecule has 1 heterocycles. The lowest BCUT2D eigenvalue weighted by Gasteiger charge is -2.33. The van der Waals surface area contributed by atoms with Gasteiger partial charge in [0.2, 0.25) is 0 Å². The molecule has 17 heavy (non-hydrogen) atoms. The predicted octanol–water partition coefficient (Wildman–Crippen LogP) is 1.77. The molecule has 1 aromatic carbocycles. The molecule has 0 spiro atoms. The van der Waals surface area contributed by atoms with E-state index in [1.165, 1.54) is 5.56 Å². The zero-order valence-corrected chi connectivity index (χ0v) is 11.8. The highest BCUT2D eigenvalue weighted by molar-refractivity contribution is 14.1. The van der Waals surface area contributed by atoms with Crippen LogP contribution >= 0.6 is 22.6 Å². The number of nitrogens with zero attached hydrogens (tertiary/aromatic N) is 2. The van der Waals surface area contributed by atoms with Crippen molar-refractivity contribution in [1.82, 2.24) is 4.90 Å². The first-order chi connectivity index (χ1) is 8.09. The molecule has 1 aliphatic heterocycles. The fraction of sp³-hybridized carbons (Fsp3) is 0.250. The molecule has 0 aromatic heterocycles. The van der Waals surface area contributed by atoms with Crippen molar-refractivity contribution in [2.75, 3.05) is 0 Å². The lowest BCUT2D eigenvalue weighted by atomic mass is 10.2. The second kappa shape index (κ2) is 5.05. The Kier molecular flexibility index (Phi) is 3.68. The van der Waals surface area contributed by atoms with Crippen molar-refractivity contribution < 1.29 is 0 Å². The van der Waals surface area contributed by atoms with E-state index in [9.17, 15) is 0 Å². The summed E-state index contributed by atoms with van der Waals surface area (Å²) in [4.78, 5) is 6.27. The third kappa shape index (κ3) is 2.61. The van der Waals surface area contributed by atoms with Gasteiger partial charge in [-0.3, -0.25) is 5.73 Å². The minimum Gasteiger partial charge on any atom is -0.383 e. The van der Waals surface area contributed by atoms with Gasteiger partial charge in [-0.1, -0.05) is 30.3 Å². The topological polar surface area (TPSA) is 67.6 Å². The van der Waals surface area contributed by atoms with Crippen LogP contribution in [0, 0.1) is 0 Å². The molecule has 4 nitrogen and oxygen atoms in total. The van der Waals surface area contributed by atoms with Gasteiger partial charge in [0.1, 0.15) is 5.84 Å². The summed E-state index contributed by atoms with van der Waals surface area (Å²) < 4.78 is 0.972. The standard InChI is InChI=1S/C12H15IN4/c1-8-10(13)11(14)16-12(15)17(8)7-9-5-3-2-4-6-9/h2-6,12H,7,15H2,1H3,(H2,14,16). The summed E-state index contributed by atoms with van der Waals surface area (Å²) >= 11 is 2.20. The van der Waals surface area contributed by atoms with Crippen molar-refractivity contribution in [1.29, 1.82) is 0 Å². The van der Waals surface area contributed by atoms with Crippen LogP contribution in [0.1, 0.15) is 12.5 Å². The van der Waals surface area contributed by atoms with Crippen LogP contribution in [0.4, 0.5) is 0 Å². The maximum Gasteiger partial charge on any atom is 0.176 e. The van der Waals surface area contributed by atoms with Gasteiger partial charge in [-0.15, -0.1) is 0 Å². The number of hydrogen-bond acceptors (Lipinski definition) is 4. The molecule has 0 radical (unpaired) electrons. The van der Waals surface area contributed by atoms with E-state index >= 15 is 0 Å². The van der Waals surface area contributed by atoms with Crippen LogP contribution in [-0.4, -0.2) is 17.0 Å². The maximum absolute atomic E-state index is 5.99. The number of benzene rings is 1. The number of amidine groups is 1. The second-order valence-electron chi connectivity index (χ2n) is 3.94. The minimum absolute atomic E-state index is 0.395. The average Bonchev–Trinajstić information content (AvgIpc) is 2.33. The van der Waals surface area contributed by atoms with Crippen molar-refractivity contribution in [2.45, 2.75) is 19.8 Å². The van der Waals surface area contributed by atoms with E-state index in [-0.39, 0.29) is 0 Å². The first-order valence-electron chi connectivity index (χ1n) is 5.36. The third-order valence-electron chi connectivity index (χ3n) is 2.76. The van der Waals surface area contributed by atoms with E-state index in [0.29, 0.717) is 5.84 Å². The molecule has 0 saturated carbocycles. The molecule has 90 valence electrons. The molecule has 1 aliphatic rings. The Morgan fingerprint density at radius 2 is 2.00 bits per heavy atom. The Balaban J connectivity index is 2.23. The first-order valence-corrected chi connectivity index (χ1v) is 6.43. The third-order valence-corrected chi connectivity index (χ3v) is 4.09. The first kappa shape index (κ1) is 12.4. The highest BCUT2D eigenvalue weighted by Gasteiger charge is 2.22. The Morgan fingerprint density at radius 1 is 1.35 bits per heavy atom. The van der Waals surface area contributed by atoms with Crippen molar-refractivity contribution in [3.63, 3.8) is 0 Å². The van der Waals surface area contributed by atoms with Gasteiger partial charge < -0.3 is 10.6 Å². The summed E-state index contributed by atoms with van der Waals surface area (Å²) in [7, 11) is 0. The zero-order valence-electron chi connectivity index (χ0n) is 9.60. The van der Waals surface area contributed by atoms with E-state index in [0.717, 1.165) is 15.8 Å². The SMILES string of the molecule is CC1=C(I)C(N)=NC(N)N1Cc1ccccc1. The summed E-state index contributed by atoms with van der Waals surface area (Å²) in [6, 6.07) is 10.2. The Morgan fingerprint density at radius 3 is 2.65 bits per heavy atom.